The number of nitrogens with two attached hydrogens (primary N) is 1. The van der Waals surface area contributed by atoms with Gasteiger partial charge in [0, 0.05) is 20.3 Å². The summed E-state index contributed by atoms with van der Waals surface area (Å²) in [6, 6.07) is 4.45. The molecule has 0 saturated heterocycles. The standard InChI is InChI=1S/C16H23F3N2O2S/c1-23-8-4-9-24-10-7-14(20)15(22)21-11-12-5-2-3-6-13(12)16(17,18)19/h2-3,5-6,14H,4,7-11,20H2,1H3,(H,21,22). The summed E-state index contributed by atoms with van der Waals surface area (Å²) in [5, 5.41) is 2.48. The molecule has 0 saturated carbocycles. The lowest BCUT2D eigenvalue weighted by Crippen LogP contribution is -2.40. The van der Waals surface area contributed by atoms with E-state index in [9.17, 15) is 18.0 Å². The molecule has 0 heterocycles. The number of methoxy groups -OCH3 is 1. The topological polar surface area (TPSA) is 64.3 Å². The van der Waals surface area contributed by atoms with Gasteiger partial charge in [0.2, 0.25) is 5.91 Å². The highest BCUT2D eigenvalue weighted by Crippen LogP contribution is 2.31. The van der Waals surface area contributed by atoms with E-state index in [1.54, 1.807) is 18.9 Å². The molecule has 0 aliphatic heterocycles. The number of hydrogen-bond acceptors (Lipinski definition) is 4. The zero-order valence-electron chi connectivity index (χ0n) is 13.6. The van der Waals surface area contributed by atoms with Crippen molar-refractivity contribution in [1.82, 2.24) is 5.32 Å². The third-order valence-electron chi connectivity index (χ3n) is 3.32. The predicted molar refractivity (Wildman–Crippen MR) is 89.7 cm³/mol. The fourth-order valence-corrected chi connectivity index (χ4v) is 2.96. The predicted octanol–water partition coefficient (Wildman–Crippen LogP) is 2.81. The molecule has 0 aliphatic carbocycles. The molecule has 1 aromatic carbocycles. The van der Waals surface area contributed by atoms with Crippen molar-refractivity contribution in [3.05, 3.63) is 35.4 Å². The van der Waals surface area contributed by atoms with E-state index < -0.39 is 23.7 Å². The highest BCUT2D eigenvalue weighted by atomic mass is 32.2. The van der Waals surface area contributed by atoms with Gasteiger partial charge in [0.1, 0.15) is 0 Å². The number of amides is 1. The molecule has 1 aromatic rings. The van der Waals surface area contributed by atoms with Crippen molar-refractivity contribution in [3.8, 4) is 0 Å². The normalized spacial score (nSPS) is 12.9. The maximum atomic E-state index is 12.9. The van der Waals surface area contributed by atoms with Crippen LogP contribution in [0.25, 0.3) is 0 Å². The second kappa shape index (κ2) is 10.6. The summed E-state index contributed by atoms with van der Waals surface area (Å²) in [4.78, 5) is 11.9. The van der Waals surface area contributed by atoms with E-state index in [2.05, 4.69) is 5.32 Å². The Labute approximate surface area is 144 Å². The largest absolute Gasteiger partial charge is 0.416 e. The van der Waals surface area contributed by atoms with Crippen molar-refractivity contribution >= 4 is 17.7 Å². The van der Waals surface area contributed by atoms with Crippen molar-refractivity contribution in [2.75, 3.05) is 25.2 Å². The summed E-state index contributed by atoms with van der Waals surface area (Å²) in [6.07, 6.45) is -3.04. The van der Waals surface area contributed by atoms with Crippen molar-refractivity contribution in [3.63, 3.8) is 0 Å². The Morgan fingerprint density at radius 2 is 2.04 bits per heavy atom. The van der Waals surface area contributed by atoms with E-state index in [1.807, 2.05) is 0 Å². The zero-order valence-corrected chi connectivity index (χ0v) is 14.4. The van der Waals surface area contributed by atoms with Gasteiger partial charge in [-0.2, -0.15) is 24.9 Å². The fourth-order valence-electron chi connectivity index (χ4n) is 2.01. The van der Waals surface area contributed by atoms with Gasteiger partial charge in [0.25, 0.3) is 0 Å². The minimum absolute atomic E-state index is 0.0273. The van der Waals surface area contributed by atoms with E-state index in [4.69, 9.17) is 10.5 Å². The van der Waals surface area contributed by atoms with E-state index >= 15 is 0 Å². The molecule has 0 fully saturated rings. The minimum atomic E-state index is -4.44. The Hall–Kier alpha value is -1.25. The summed E-state index contributed by atoms with van der Waals surface area (Å²) in [5.74, 6) is 1.20. The van der Waals surface area contributed by atoms with Gasteiger partial charge in [-0.1, -0.05) is 18.2 Å². The number of nitrogens with one attached hydrogen (secondary N) is 1. The van der Waals surface area contributed by atoms with Crippen molar-refractivity contribution in [2.24, 2.45) is 5.73 Å². The van der Waals surface area contributed by atoms with Gasteiger partial charge in [-0.05, 0) is 36.0 Å². The monoisotopic (exact) mass is 364 g/mol. The first kappa shape index (κ1) is 20.8. The van der Waals surface area contributed by atoms with Crippen molar-refractivity contribution in [1.29, 1.82) is 0 Å². The number of halogens is 3. The van der Waals surface area contributed by atoms with Gasteiger partial charge < -0.3 is 15.8 Å². The van der Waals surface area contributed by atoms with Crippen LogP contribution in [0, 0.1) is 0 Å². The molecule has 3 N–H and O–H groups in total. The number of benzene rings is 1. The van der Waals surface area contributed by atoms with Crippen LogP contribution in [-0.2, 0) is 22.3 Å². The van der Waals surface area contributed by atoms with E-state index in [-0.39, 0.29) is 12.1 Å². The molecular formula is C16H23F3N2O2S. The number of carbonyl (C=O) groups is 1. The number of thioether (sulfide) groups is 1. The van der Waals surface area contributed by atoms with E-state index in [0.29, 0.717) is 13.0 Å². The van der Waals surface area contributed by atoms with Crippen molar-refractivity contribution in [2.45, 2.75) is 31.6 Å². The van der Waals surface area contributed by atoms with Gasteiger partial charge in [0.05, 0.1) is 11.6 Å². The summed E-state index contributed by atoms with van der Waals surface area (Å²) in [5.41, 5.74) is 5.06. The average Bonchev–Trinajstić information content (AvgIpc) is 2.55. The van der Waals surface area contributed by atoms with Crippen LogP contribution in [0.1, 0.15) is 24.0 Å². The second-order valence-corrected chi connectivity index (χ2v) is 6.45. The minimum Gasteiger partial charge on any atom is -0.385 e. The Morgan fingerprint density at radius 1 is 1.33 bits per heavy atom. The first-order valence-electron chi connectivity index (χ1n) is 7.61. The molecule has 1 unspecified atom stereocenters. The lowest BCUT2D eigenvalue weighted by molar-refractivity contribution is -0.138. The first-order valence-corrected chi connectivity index (χ1v) is 8.76. The SMILES string of the molecule is COCCCSCCC(N)C(=O)NCc1ccccc1C(F)(F)F. The van der Waals surface area contributed by atoms with Crippen LogP contribution in [0.2, 0.25) is 0 Å². The highest BCUT2D eigenvalue weighted by Gasteiger charge is 2.32. The lowest BCUT2D eigenvalue weighted by Gasteiger charge is -2.15. The summed E-state index contributed by atoms with van der Waals surface area (Å²) < 4.78 is 43.6. The van der Waals surface area contributed by atoms with Crippen molar-refractivity contribution < 1.29 is 22.7 Å². The molecule has 1 amide bonds. The smallest absolute Gasteiger partial charge is 0.385 e. The second-order valence-electron chi connectivity index (χ2n) is 5.23. The molecule has 0 aromatic heterocycles. The number of ether oxygens (including phenoxy) is 1. The number of alkyl halides is 3. The van der Waals surface area contributed by atoms with Crippen LogP contribution in [-0.4, -0.2) is 37.2 Å². The molecule has 8 heteroatoms. The van der Waals surface area contributed by atoms with E-state index in [1.165, 1.54) is 18.2 Å². The number of rotatable bonds is 10. The van der Waals surface area contributed by atoms with Gasteiger partial charge in [-0.3, -0.25) is 4.79 Å². The lowest BCUT2D eigenvalue weighted by atomic mass is 10.1. The van der Waals surface area contributed by atoms with Gasteiger partial charge in [0.15, 0.2) is 0 Å². The molecule has 1 rings (SSSR count). The molecule has 136 valence electrons. The summed E-state index contributed by atoms with van der Waals surface area (Å²) in [7, 11) is 1.64. The maximum Gasteiger partial charge on any atom is 0.416 e. The molecule has 0 aliphatic rings. The molecule has 4 nitrogen and oxygen atoms in total. The van der Waals surface area contributed by atoms with Crippen LogP contribution >= 0.6 is 11.8 Å². The average molecular weight is 364 g/mol. The zero-order chi connectivity index (χ0) is 18.0. The Morgan fingerprint density at radius 3 is 2.71 bits per heavy atom. The third-order valence-corrected chi connectivity index (χ3v) is 4.42. The quantitative estimate of drug-likeness (QED) is 0.627. The molecule has 0 spiro atoms. The Kier molecular flexibility index (Phi) is 9.17. The molecule has 24 heavy (non-hydrogen) atoms. The molecule has 0 radical (unpaired) electrons. The Balaban J connectivity index is 2.38. The fraction of sp³-hybridized carbons (Fsp3) is 0.562. The van der Waals surface area contributed by atoms with Gasteiger partial charge in [-0.25, -0.2) is 0 Å². The van der Waals surface area contributed by atoms with E-state index in [0.717, 1.165) is 24.0 Å². The molecular weight excluding hydrogens is 341 g/mol. The third kappa shape index (κ3) is 7.55. The number of carbonyl (C=O) groups excluding carboxylic acids is 1. The molecule has 0 bridgehead atoms. The van der Waals surface area contributed by atoms with Crippen LogP contribution in [0.3, 0.4) is 0 Å². The van der Waals surface area contributed by atoms with Crippen LogP contribution in [0.15, 0.2) is 24.3 Å². The highest BCUT2D eigenvalue weighted by molar-refractivity contribution is 7.99. The molecule has 1 atom stereocenters. The van der Waals surface area contributed by atoms with Gasteiger partial charge >= 0.3 is 6.18 Å². The van der Waals surface area contributed by atoms with Crippen LogP contribution in [0.4, 0.5) is 13.2 Å². The first-order chi connectivity index (χ1) is 11.4. The van der Waals surface area contributed by atoms with Crippen LogP contribution in [0.5, 0.6) is 0 Å². The maximum absolute atomic E-state index is 12.9. The van der Waals surface area contributed by atoms with Crippen LogP contribution < -0.4 is 11.1 Å². The number of hydrogen-bond donors (Lipinski definition) is 2. The summed E-state index contributed by atoms with van der Waals surface area (Å²) >= 11 is 1.67. The van der Waals surface area contributed by atoms with Gasteiger partial charge in [-0.15, -0.1) is 0 Å². The summed E-state index contributed by atoms with van der Waals surface area (Å²) in [6.45, 7) is 0.501. The Bertz CT molecular complexity index is 512.